The first-order valence-electron chi connectivity index (χ1n) is 11.6. The third-order valence-electron chi connectivity index (χ3n) is 6.63. The predicted molar refractivity (Wildman–Crippen MR) is 144 cm³/mol. The number of hydrogen-bond donors (Lipinski definition) is 0. The summed E-state index contributed by atoms with van der Waals surface area (Å²) in [6, 6.07) is 35.8. The van der Waals surface area contributed by atoms with Crippen LogP contribution in [-0.2, 0) is 0 Å². The van der Waals surface area contributed by atoms with E-state index < -0.39 is 0 Å². The predicted octanol–water partition coefficient (Wildman–Crippen LogP) is 7.13. The Morgan fingerprint density at radius 1 is 0.595 bits per heavy atom. The minimum Gasteiger partial charge on any atom is -0.309 e. The van der Waals surface area contributed by atoms with Gasteiger partial charge in [-0.15, -0.1) is 0 Å². The van der Waals surface area contributed by atoms with Gasteiger partial charge in [-0.3, -0.25) is 4.98 Å². The second-order valence-electron chi connectivity index (χ2n) is 8.62. The Morgan fingerprint density at radius 3 is 2.11 bits per heavy atom. The molecule has 0 fully saturated rings. The van der Waals surface area contributed by atoms with E-state index in [2.05, 4.69) is 46.0 Å². The molecule has 0 amide bonds. The van der Waals surface area contributed by atoms with Gasteiger partial charge >= 0.3 is 0 Å². The molecule has 0 aliphatic heterocycles. The molecule has 0 bridgehead atoms. The molecule has 0 saturated heterocycles. The normalized spacial score (nSPS) is 10.6. The molecule has 0 atom stereocenters. The third kappa shape index (κ3) is 3.50. The molecule has 5 nitrogen and oxygen atoms in total. The first-order valence-corrected chi connectivity index (χ1v) is 11.6. The zero-order chi connectivity index (χ0) is 25.4. The lowest BCUT2D eigenvalue weighted by molar-refractivity contribution is 1.18. The number of hydrogen-bond acceptors (Lipinski definition) is 4. The van der Waals surface area contributed by atoms with Gasteiger partial charge in [0.1, 0.15) is 0 Å². The molecule has 0 saturated carbocycles. The van der Waals surface area contributed by atoms with Crippen LogP contribution >= 0.6 is 0 Å². The van der Waals surface area contributed by atoms with Crippen LogP contribution in [0.25, 0.3) is 49.7 Å². The molecule has 4 aromatic carbocycles. The smallest absolute Gasteiger partial charge is 0.0998 e. The highest BCUT2D eigenvalue weighted by atomic mass is 15.0. The van der Waals surface area contributed by atoms with E-state index in [0.29, 0.717) is 16.7 Å². The minimum atomic E-state index is 0.439. The Labute approximate surface area is 213 Å². The number of pyridine rings is 1. The summed E-state index contributed by atoms with van der Waals surface area (Å²) in [4.78, 5) is 4.09. The van der Waals surface area contributed by atoms with E-state index in [4.69, 9.17) is 0 Å². The van der Waals surface area contributed by atoms with Crippen molar-refractivity contribution in [2.24, 2.45) is 0 Å². The average molecular weight is 472 g/mol. The number of para-hydroxylation sites is 2. The molecule has 5 heteroatoms. The SMILES string of the molecule is N#Cc1ccc(-c2cccc3c4ccccc4n(-c4ccc(-c5ccncc5)c(C#N)c4)c23)c(C#N)c1. The van der Waals surface area contributed by atoms with Gasteiger partial charge in [0.2, 0.25) is 0 Å². The van der Waals surface area contributed by atoms with Gasteiger partial charge < -0.3 is 4.57 Å². The van der Waals surface area contributed by atoms with Crippen LogP contribution < -0.4 is 0 Å². The van der Waals surface area contributed by atoms with Crippen molar-refractivity contribution in [3.63, 3.8) is 0 Å². The van der Waals surface area contributed by atoms with Gasteiger partial charge in [0, 0.05) is 40.0 Å². The van der Waals surface area contributed by atoms with Crippen molar-refractivity contribution in [2.75, 3.05) is 0 Å². The summed E-state index contributed by atoms with van der Waals surface area (Å²) in [5.41, 5.74) is 7.63. The summed E-state index contributed by atoms with van der Waals surface area (Å²) in [6.45, 7) is 0. The number of rotatable bonds is 3. The molecule has 0 aliphatic rings. The number of benzene rings is 4. The van der Waals surface area contributed by atoms with Crippen molar-refractivity contribution in [1.82, 2.24) is 9.55 Å². The van der Waals surface area contributed by atoms with Crippen molar-refractivity contribution in [3.8, 4) is 46.1 Å². The fourth-order valence-electron chi connectivity index (χ4n) is 4.99. The Bertz CT molecular complexity index is 1960. The van der Waals surface area contributed by atoms with E-state index in [0.717, 1.165) is 49.7 Å². The quantitative estimate of drug-likeness (QED) is 0.275. The van der Waals surface area contributed by atoms with Crippen LogP contribution in [0, 0.1) is 34.0 Å². The van der Waals surface area contributed by atoms with E-state index in [1.807, 2.05) is 60.7 Å². The Hall–Kier alpha value is -5.70. The number of nitrogens with zero attached hydrogens (tertiary/aromatic N) is 5. The molecule has 0 N–H and O–H groups in total. The van der Waals surface area contributed by atoms with E-state index >= 15 is 0 Å². The second kappa shape index (κ2) is 8.82. The van der Waals surface area contributed by atoms with Gasteiger partial charge in [-0.1, -0.05) is 48.5 Å². The van der Waals surface area contributed by atoms with Crippen LogP contribution in [-0.4, -0.2) is 9.55 Å². The topological polar surface area (TPSA) is 89.2 Å². The van der Waals surface area contributed by atoms with Crippen molar-refractivity contribution in [2.45, 2.75) is 0 Å². The van der Waals surface area contributed by atoms with Crippen LogP contribution in [0.4, 0.5) is 0 Å². The van der Waals surface area contributed by atoms with Gasteiger partial charge in [0.15, 0.2) is 0 Å². The number of aromatic nitrogens is 2. The van der Waals surface area contributed by atoms with Gasteiger partial charge in [0.25, 0.3) is 0 Å². The van der Waals surface area contributed by atoms with Gasteiger partial charge in [-0.05, 0) is 53.6 Å². The highest BCUT2D eigenvalue weighted by Crippen LogP contribution is 2.39. The molecule has 6 aromatic rings. The standard InChI is InChI=1S/C32H17N5/c33-18-21-8-10-27(23(16-21)19-34)29-5-3-6-30-28-4-1-2-7-31(28)37(32(29)30)25-9-11-26(24(17-25)20-35)22-12-14-36-15-13-22/h1-17H. The summed E-state index contributed by atoms with van der Waals surface area (Å²) >= 11 is 0. The van der Waals surface area contributed by atoms with Gasteiger partial charge in [-0.2, -0.15) is 15.8 Å². The van der Waals surface area contributed by atoms with Crippen molar-refractivity contribution >= 4 is 21.8 Å². The zero-order valence-corrected chi connectivity index (χ0v) is 19.6. The fourth-order valence-corrected chi connectivity index (χ4v) is 4.99. The van der Waals surface area contributed by atoms with E-state index in [1.165, 1.54) is 0 Å². The van der Waals surface area contributed by atoms with Gasteiger partial charge in [0.05, 0.1) is 45.9 Å². The molecule has 37 heavy (non-hydrogen) atoms. The summed E-state index contributed by atoms with van der Waals surface area (Å²) in [7, 11) is 0. The van der Waals surface area contributed by atoms with E-state index in [9.17, 15) is 15.8 Å². The molecule has 2 heterocycles. The Balaban J connectivity index is 1.69. The maximum Gasteiger partial charge on any atom is 0.0998 e. The molecule has 2 aromatic heterocycles. The van der Waals surface area contributed by atoms with Crippen molar-refractivity contribution in [1.29, 1.82) is 15.8 Å². The zero-order valence-electron chi connectivity index (χ0n) is 19.6. The first-order chi connectivity index (χ1) is 18.2. The summed E-state index contributed by atoms with van der Waals surface area (Å²) in [6.07, 6.45) is 3.43. The monoisotopic (exact) mass is 471 g/mol. The van der Waals surface area contributed by atoms with Crippen LogP contribution in [0.5, 0.6) is 0 Å². The Morgan fingerprint density at radius 2 is 1.32 bits per heavy atom. The molecule has 0 radical (unpaired) electrons. The second-order valence-corrected chi connectivity index (χ2v) is 8.62. The lowest BCUT2D eigenvalue weighted by Gasteiger charge is -2.14. The molecular formula is C32H17N5. The number of nitriles is 3. The molecule has 0 unspecified atom stereocenters. The van der Waals surface area contributed by atoms with Crippen LogP contribution in [0.15, 0.2) is 103 Å². The van der Waals surface area contributed by atoms with E-state index in [1.54, 1.807) is 24.5 Å². The van der Waals surface area contributed by atoms with Crippen molar-refractivity contribution in [3.05, 3.63) is 120 Å². The van der Waals surface area contributed by atoms with Gasteiger partial charge in [-0.25, -0.2) is 0 Å². The van der Waals surface area contributed by atoms with Crippen LogP contribution in [0.3, 0.4) is 0 Å². The van der Waals surface area contributed by atoms with E-state index in [-0.39, 0.29) is 0 Å². The third-order valence-corrected chi connectivity index (χ3v) is 6.63. The molecule has 0 spiro atoms. The maximum absolute atomic E-state index is 10.0. The minimum absolute atomic E-state index is 0.439. The molecular weight excluding hydrogens is 454 g/mol. The fraction of sp³-hybridized carbons (Fsp3) is 0. The lowest BCUT2D eigenvalue weighted by atomic mass is 9.96. The number of fused-ring (bicyclic) bond motifs is 3. The van der Waals surface area contributed by atoms with Crippen LogP contribution in [0.2, 0.25) is 0 Å². The van der Waals surface area contributed by atoms with Crippen LogP contribution in [0.1, 0.15) is 16.7 Å². The Kier molecular flexibility index (Phi) is 5.20. The molecule has 170 valence electrons. The highest BCUT2D eigenvalue weighted by Gasteiger charge is 2.19. The highest BCUT2D eigenvalue weighted by molar-refractivity contribution is 6.14. The van der Waals surface area contributed by atoms with Crippen molar-refractivity contribution < 1.29 is 0 Å². The first kappa shape index (κ1) is 21.8. The molecule has 0 aliphatic carbocycles. The summed E-state index contributed by atoms with van der Waals surface area (Å²) < 4.78 is 2.15. The summed E-state index contributed by atoms with van der Waals surface area (Å²) in [5.74, 6) is 0. The lowest BCUT2D eigenvalue weighted by Crippen LogP contribution is -1.98. The maximum atomic E-state index is 10.0. The summed E-state index contributed by atoms with van der Waals surface area (Å²) in [5, 5.41) is 31.4. The largest absolute Gasteiger partial charge is 0.309 e. The average Bonchev–Trinajstić information content (AvgIpc) is 3.31. The molecule has 6 rings (SSSR count).